The molecule has 0 fully saturated rings. The Morgan fingerprint density at radius 3 is 2.94 bits per heavy atom. The third-order valence-corrected chi connectivity index (χ3v) is 3.74. The van der Waals surface area contributed by atoms with Crippen LogP contribution in [0.4, 0.5) is 0 Å². The highest BCUT2D eigenvalue weighted by molar-refractivity contribution is 9.10. The predicted molar refractivity (Wildman–Crippen MR) is 74.0 cm³/mol. The first-order valence-electron chi connectivity index (χ1n) is 5.86. The zero-order chi connectivity index (χ0) is 13.0. The number of benzene rings is 1. The van der Waals surface area contributed by atoms with Crippen LogP contribution in [0.25, 0.3) is 0 Å². The summed E-state index contributed by atoms with van der Waals surface area (Å²) in [6.07, 6.45) is 3.81. The Labute approximate surface area is 115 Å². The number of nitrogens with one attached hydrogen (secondary N) is 1. The molecule has 0 saturated carbocycles. The maximum atomic E-state index is 5.69. The predicted octanol–water partition coefficient (Wildman–Crippen LogP) is 2.66. The van der Waals surface area contributed by atoms with Crippen LogP contribution >= 0.6 is 15.9 Å². The van der Waals surface area contributed by atoms with Crippen LogP contribution in [0.1, 0.15) is 24.4 Å². The molecule has 0 amide bonds. The third kappa shape index (κ3) is 2.85. The van der Waals surface area contributed by atoms with E-state index in [1.807, 2.05) is 18.2 Å². The van der Waals surface area contributed by atoms with Crippen molar-refractivity contribution in [3.05, 3.63) is 40.1 Å². The Balaban J connectivity index is 2.34. The molecule has 1 aliphatic rings. The van der Waals surface area contributed by atoms with Crippen LogP contribution in [0, 0.1) is 0 Å². The van der Waals surface area contributed by atoms with Gasteiger partial charge in [0.1, 0.15) is 5.75 Å². The van der Waals surface area contributed by atoms with Crippen LogP contribution in [0.15, 0.2) is 34.5 Å². The van der Waals surface area contributed by atoms with Gasteiger partial charge < -0.3 is 9.47 Å². The van der Waals surface area contributed by atoms with Gasteiger partial charge in [-0.15, -0.1) is 0 Å². The summed E-state index contributed by atoms with van der Waals surface area (Å²) in [5.74, 6) is 6.50. The van der Waals surface area contributed by atoms with E-state index < -0.39 is 0 Å². The van der Waals surface area contributed by atoms with Crippen LogP contribution < -0.4 is 16.0 Å². The minimum atomic E-state index is -0.0604. The molecule has 2 rings (SSSR count). The summed E-state index contributed by atoms with van der Waals surface area (Å²) < 4.78 is 11.6. The molecule has 1 heterocycles. The van der Waals surface area contributed by atoms with Crippen molar-refractivity contribution in [3.63, 3.8) is 0 Å². The largest absolute Gasteiger partial charge is 0.501 e. The van der Waals surface area contributed by atoms with Gasteiger partial charge in [0.2, 0.25) is 0 Å². The van der Waals surface area contributed by atoms with E-state index >= 15 is 0 Å². The standard InChI is InChI=1S/C13H17BrN2O2/c1-17-10-4-5-12(14)11(7-10)13(16-15)9-3-2-6-18-8-9/h4-5,7-8,13,16H,2-3,6,15H2,1H3. The fourth-order valence-electron chi connectivity index (χ4n) is 2.06. The van der Waals surface area contributed by atoms with E-state index in [0.29, 0.717) is 0 Å². The number of hydrogen-bond donors (Lipinski definition) is 2. The summed E-state index contributed by atoms with van der Waals surface area (Å²) in [7, 11) is 1.65. The Hall–Kier alpha value is -1.04. The summed E-state index contributed by atoms with van der Waals surface area (Å²) in [5, 5.41) is 0. The Bertz CT molecular complexity index is 449. The van der Waals surface area contributed by atoms with Gasteiger partial charge in [-0.05, 0) is 42.2 Å². The Kier molecular flexibility index (Phi) is 4.63. The number of hydrazine groups is 1. The van der Waals surface area contributed by atoms with Gasteiger partial charge >= 0.3 is 0 Å². The second kappa shape index (κ2) is 6.22. The first-order chi connectivity index (χ1) is 8.76. The normalized spacial score (nSPS) is 16.7. The van der Waals surface area contributed by atoms with E-state index in [1.54, 1.807) is 13.4 Å². The van der Waals surface area contributed by atoms with Crippen molar-refractivity contribution < 1.29 is 9.47 Å². The maximum Gasteiger partial charge on any atom is 0.119 e. The third-order valence-electron chi connectivity index (χ3n) is 3.01. The molecule has 98 valence electrons. The monoisotopic (exact) mass is 312 g/mol. The molecule has 18 heavy (non-hydrogen) atoms. The molecule has 3 N–H and O–H groups in total. The highest BCUT2D eigenvalue weighted by atomic mass is 79.9. The molecule has 0 saturated heterocycles. The van der Waals surface area contributed by atoms with E-state index in [1.165, 1.54) is 0 Å². The van der Waals surface area contributed by atoms with Crippen molar-refractivity contribution >= 4 is 15.9 Å². The molecule has 1 aromatic rings. The van der Waals surface area contributed by atoms with E-state index in [4.69, 9.17) is 15.3 Å². The van der Waals surface area contributed by atoms with Gasteiger partial charge in [-0.25, -0.2) is 5.43 Å². The van der Waals surface area contributed by atoms with Gasteiger partial charge in [0.05, 0.1) is 26.0 Å². The zero-order valence-electron chi connectivity index (χ0n) is 10.3. The van der Waals surface area contributed by atoms with Crippen LogP contribution in [-0.4, -0.2) is 13.7 Å². The number of hydrogen-bond acceptors (Lipinski definition) is 4. The van der Waals surface area contributed by atoms with Crippen molar-refractivity contribution in [3.8, 4) is 5.75 Å². The summed E-state index contributed by atoms with van der Waals surface area (Å²) in [4.78, 5) is 0. The Morgan fingerprint density at radius 1 is 1.50 bits per heavy atom. The van der Waals surface area contributed by atoms with Crippen LogP contribution in [0.5, 0.6) is 5.75 Å². The lowest BCUT2D eigenvalue weighted by atomic mass is 9.96. The molecule has 0 aliphatic carbocycles. The molecule has 1 unspecified atom stereocenters. The molecule has 5 heteroatoms. The number of halogens is 1. The van der Waals surface area contributed by atoms with Gasteiger partial charge in [-0.2, -0.15) is 0 Å². The summed E-state index contributed by atoms with van der Waals surface area (Å²) in [6.45, 7) is 0.778. The fourth-order valence-corrected chi connectivity index (χ4v) is 2.54. The first-order valence-corrected chi connectivity index (χ1v) is 6.65. The molecule has 0 bridgehead atoms. The lowest BCUT2D eigenvalue weighted by Crippen LogP contribution is -2.30. The van der Waals surface area contributed by atoms with Crippen molar-refractivity contribution in [1.29, 1.82) is 0 Å². The molecule has 1 atom stereocenters. The van der Waals surface area contributed by atoms with Crippen molar-refractivity contribution in [2.75, 3.05) is 13.7 Å². The van der Waals surface area contributed by atoms with Gasteiger partial charge in [0, 0.05) is 4.47 Å². The molecular weight excluding hydrogens is 296 g/mol. The van der Waals surface area contributed by atoms with E-state index in [9.17, 15) is 0 Å². The summed E-state index contributed by atoms with van der Waals surface area (Å²) in [6, 6.07) is 5.79. The molecule has 0 spiro atoms. The fraction of sp³-hybridized carbons (Fsp3) is 0.385. The van der Waals surface area contributed by atoms with Gasteiger partial charge in [0.15, 0.2) is 0 Å². The topological polar surface area (TPSA) is 56.5 Å². The second-order valence-corrected chi connectivity index (χ2v) is 5.01. The van der Waals surface area contributed by atoms with Crippen LogP contribution in [0.2, 0.25) is 0 Å². The SMILES string of the molecule is COc1ccc(Br)c(C(NN)C2=COCCC2)c1. The van der Waals surface area contributed by atoms with Gasteiger partial charge in [-0.1, -0.05) is 15.9 Å². The van der Waals surface area contributed by atoms with Gasteiger partial charge in [0.25, 0.3) is 0 Å². The number of ether oxygens (including phenoxy) is 2. The minimum absolute atomic E-state index is 0.0604. The highest BCUT2D eigenvalue weighted by Crippen LogP contribution is 2.33. The number of methoxy groups -OCH3 is 1. The average Bonchev–Trinajstić information content (AvgIpc) is 2.43. The first kappa shape index (κ1) is 13.4. The number of nitrogens with two attached hydrogens (primary N) is 1. The average molecular weight is 313 g/mol. The Morgan fingerprint density at radius 2 is 2.33 bits per heavy atom. The molecule has 1 aliphatic heterocycles. The van der Waals surface area contributed by atoms with Crippen LogP contribution in [0.3, 0.4) is 0 Å². The van der Waals surface area contributed by atoms with E-state index in [0.717, 1.165) is 40.8 Å². The smallest absolute Gasteiger partial charge is 0.119 e. The molecule has 0 radical (unpaired) electrons. The lowest BCUT2D eigenvalue weighted by molar-refractivity contribution is 0.219. The molecular formula is C13H17BrN2O2. The molecule has 1 aromatic carbocycles. The summed E-state index contributed by atoms with van der Waals surface area (Å²) in [5.41, 5.74) is 5.05. The summed E-state index contributed by atoms with van der Waals surface area (Å²) >= 11 is 3.55. The second-order valence-electron chi connectivity index (χ2n) is 4.15. The quantitative estimate of drug-likeness (QED) is 0.663. The minimum Gasteiger partial charge on any atom is -0.501 e. The van der Waals surface area contributed by atoms with Gasteiger partial charge in [-0.3, -0.25) is 5.84 Å². The van der Waals surface area contributed by atoms with Crippen LogP contribution in [-0.2, 0) is 4.74 Å². The maximum absolute atomic E-state index is 5.69. The molecule has 4 nitrogen and oxygen atoms in total. The lowest BCUT2D eigenvalue weighted by Gasteiger charge is -2.24. The van der Waals surface area contributed by atoms with E-state index in [2.05, 4.69) is 21.4 Å². The van der Waals surface area contributed by atoms with Crippen molar-refractivity contribution in [2.45, 2.75) is 18.9 Å². The molecule has 0 aromatic heterocycles. The van der Waals surface area contributed by atoms with Crippen molar-refractivity contribution in [2.24, 2.45) is 5.84 Å². The zero-order valence-corrected chi connectivity index (χ0v) is 11.9. The highest BCUT2D eigenvalue weighted by Gasteiger charge is 2.20. The number of rotatable bonds is 4. The van der Waals surface area contributed by atoms with Crippen molar-refractivity contribution in [1.82, 2.24) is 5.43 Å². The van der Waals surface area contributed by atoms with E-state index in [-0.39, 0.29) is 6.04 Å².